The molecule has 0 unspecified atom stereocenters. The summed E-state index contributed by atoms with van der Waals surface area (Å²) in [6, 6.07) is 2.37. The van der Waals surface area contributed by atoms with Gasteiger partial charge in [0.25, 0.3) is 0 Å². The van der Waals surface area contributed by atoms with E-state index in [9.17, 15) is 8.78 Å². The standard InChI is InChI=1S/C14H17F2N3S/c1-3-5-17-6-4-13-18-19-14(20-13)10-7-9(2)11(15)8-12(10)16/h7-8,17H,3-6H2,1-2H3. The number of aromatic nitrogens is 2. The number of benzene rings is 1. The van der Waals surface area contributed by atoms with Crippen molar-refractivity contribution in [3.05, 3.63) is 34.3 Å². The molecule has 2 rings (SSSR count). The van der Waals surface area contributed by atoms with Crippen molar-refractivity contribution in [2.45, 2.75) is 26.7 Å². The highest BCUT2D eigenvalue weighted by Crippen LogP contribution is 2.28. The van der Waals surface area contributed by atoms with Crippen LogP contribution in [0, 0.1) is 18.6 Å². The van der Waals surface area contributed by atoms with E-state index in [2.05, 4.69) is 22.4 Å². The van der Waals surface area contributed by atoms with E-state index in [1.54, 1.807) is 6.92 Å². The van der Waals surface area contributed by atoms with Crippen molar-refractivity contribution in [1.82, 2.24) is 15.5 Å². The molecule has 0 bridgehead atoms. The summed E-state index contributed by atoms with van der Waals surface area (Å²) in [7, 11) is 0. The second-order valence-corrected chi connectivity index (χ2v) is 5.64. The molecule has 2 aromatic rings. The summed E-state index contributed by atoms with van der Waals surface area (Å²) < 4.78 is 27.0. The average Bonchev–Trinajstić information content (AvgIpc) is 2.87. The third kappa shape index (κ3) is 3.58. The molecule has 0 radical (unpaired) electrons. The first-order valence-electron chi connectivity index (χ1n) is 6.61. The van der Waals surface area contributed by atoms with Crippen LogP contribution in [0.25, 0.3) is 10.6 Å². The number of hydrogen-bond acceptors (Lipinski definition) is 4. The second kappa shape index (κ2) is 6.85. The van der Waals surface area contributed by atoms with Crippen LogP contribution in [-0.2, 0) is 6.42 Å². The van der Waals surface area contributed by atoms with Gasteiger partial charge in [0.05, 0.1) is 0 Å². The quantitative estimate of drug-likeness (QED) is 0.831. The molecule has 108 valence electrons. The molecule has 20 heavy (non-hydrogen) atoms. The minimum absolute atomic E-state index is 0.314. The highest BCUT2D eigenvalue weighted by molar-refractivity contribution is 7.14. The lowest BCUT2D eigenvalue weighted by Crippen LogP contribution is -2.17. The summed E-state index contributed by atoms with van der Waals surface area (Å²) in [6.45, 7) is 5.51. The van der Waals surface area contributed by atoms with E-state index in [-0.39, 0.29) is 0 Å². The monoisotopic (exact) mass is 297 g/mol. The summed E-state index contributed by atoms with van der Waals surface area (Å²) >= 11 is 1.35. The highest BCUT2D eigenvalue weighted by Gasteiger charge is 2.13. The maximum Gasteiger partial charge on any atom is 0.150 e. The maximum absolute atomic E-state index is 13.8. The van der Waals surface area contributed by atoms with Gasteiger partial charge in [0.2, 0.25) is 0 Å². The Morgan fingerprint density at radius 3 is 2.70 bits per heavy atom. The molecule has 3 nitrogen and oxygen atoms in total. The maximum atomic E-state index is 13.8. The molecule has 6 heteroatoms. The molecule has 0 aliphatic carbocycles. The number of halogens is 2. The van der Waals surface area contributed by atoms with E-state index in [1.807, 2.05) is 0 Å². The molecular formula is C14H17F2N3S. The van der Waals surface area contributed by atoms with Crippen LogP contribution < -0.4 is 5.32 Å². The van der Waals surface area contributed by atoms with E-state index in [4.69, 9.17) is 0 Å². The zero-order valence-corrected chi connectivity index (χ0v) is 12.4. The van der Waals surface area contributed by atoms with Crippen LogP contribution in [0.15, 0.2) is 12.1 Å². The van der Waals surface area contributed by atoms with Crippen LogP contribution >= 0.6 is 11.3 Å². The van der Waals surface area contributed by atoms with Crippen molar-refractivity contribution in [3.8, 4) is 10.6 Å². The van der Waals surface area contributed by atoms with Crippen LogP contribution in [0.1, 0.15) is 23.9 Å². The average molecular weight is 297 g/mol. The molecule has 1 heterocycles. The molecule has 0 fully saturated rings. The van der Waals surface area contributed by atoms with Gasteiger partial charge < -0.3 is 5.32 Å². The van der Waals surface area contributed by atoms with Crippen molar-refractivity contribution in [2.75, 3.05) is 13.1 Å². The second-order valence-electron chi connectivity index (χ2n) is 4.58. The van der Waals surface area contributed by atoms with Crippen LogP contribution in [0.2, 0.25) is 0 Å². The minimum Gasteiger partial charge on any atom is -0.316 e. The van der Waals surface area contributed by atoms with Gasteiger partial charge in [-0.1, -0.05) is 18.3 Å². The Balaban J connectivity index is 2.10. The fourth-order valence-corrected chi connectivity index (χ4v) is 2.64. The first-order valence-corrected chi connectivity index (χ1v) is 7.42. The van der Waals surface area contributed by atoms with Crippen molar-refractivity contribution in [1.29, 1.82) is 0 Å². The van der Waals surface area contributed by atoms with E-state index >= 15 is 0 Å². The lowest BCUT2D eigenvalue weighted by Gasteiger charge is -2.01. The number of nitrogens with zero attached hydrogens (tertiary/aromatic N) is 2. The number of aryl methyl sites for hydroxylation is 1. The number of hydrogen-bond donors (Lipinski definition) is 1. The predicted octanol–water partition coefficient (Wildman–Crippen LogP) is 3.33. The van der Waals surface area contributed by atoms with Crippen molar-refractivity contribution in [2.24, 2.45) is 0 Å². The summed E-state index contributed by atoms with van der Waals surface area (Å²) in [5.41, 5.74) is 0.719. The van der Waals surface area contributed by atoms with Crippen LogP contribution in [0.5, 0.6) is 0 Å². The molecule has 1 N–H and O–H groups in total. The molecule has 1 aromatic heterocycles. The van der Waals surface area contributed by atoms with Gasteiger partial charge >= 0.3 is 0 Å². The van der Waals surface area contributed by atoms with Gasteiger partial charge in [0, 0.05) is 24.6 Å². The normalized spacial score (nSPS) is 11.0. The minimum atomic E-state index is -0.597. The summed E-state index contributed by atoms with van der Waals surface area (Å²) in [6.07, 6.45) is 1.85. The summed E-state index contributed by atoms with van der Waals surface area (Å²) in [5.74, 6) is -1.14. The lowest BCUT2D eigenvalue weighted by molar-refractivity contribution is 0.579. The zero-order valence-electron chi connectivity index (χ0n) is 11.5. The fraction of sp³-hybridized carbons (Fsp3) is 0.429. The predicted molar refractivity (Wildman–Crippen MR) is 76.9 cm³/mol. The Morgan fingerprint density at radius 1 is 1.15 bits per heavy atom. The Labute approximate surface area is 121 Å². The van der Waals surface area contributed by atoms with E-state index in [1.165, 1.54) is 17.4 Å². The van der Waals surface area contributed by atoms with Crippen LogP contribution in [0.4, 0.5) is 8.78 Å². The molecule has 0 aliphatic rings. The van der Waals surface area contributed by atoms with Crippen LogP contribution in [-0.4, -0.2) is 23.3 Å². The molecule has 0 saturated heterocycles. The SMILES string of the molecule is CCCNCCc1nnc(-c2cc(C)c(F)cc2F)s1. The Hall–Kier alpha value is -1.40. The smallest absolute Gasteiger partial charge is 0.150 e. The largest absolute Gasteiger partial charge is 0.316 e. The van der Waals surface area contributed by atoms with Crippen molar-refractivity contribution in [3.63, 3.8) is 0 Å². The summed E-state index contributed by atoms with van der Waals surface area (Å²) in [4.78, 5) is 0. The first-order chi connectivity index (χ1) is 9.61. The van der Waals surface area contributed by atoms with E-state index in [0.29, 0.717) is 16.1 Å². The third-order valence-corrected chi connectivity index (χ3v) is 3.90. The van der Waals surface area contributed by atoms with Gasteiger partial charge in [-0.3, -0.25) is 0 Å². The Bertz CT molecular complexity index is 584. The molecule has 1 aromatic carbocycles. The molecule has 0 atom stereocenters. The molecule has 0 spiro atoms. The lowest BCUT2D eigenvalue weighted by atomic mass is 10.1. The Kier molecular flexibility index (Phi) is 5.14. The van der Waals surface area contributed by atoms with Gasteiger partial charge in [-0.2, -0.15) is 0 Å². The van der Waals surface area contributed by atoms with E-state index in [0.717, 1.165) is 37.0 Å². The van der Waals surface area contributed by atoms with Crippen LogP contribution in [0.3, 0.4) is 0 Å². The molecule has 0 amide bonds. The highest BCUT2D eigenvalue weighted by atomic mass is 32.1. The molecule has 0 aliphatic heterocycles. The molecular weight excluding hydrogens is 280 g/mol. The topological polar surface area (TPSA) is 37.8 Å². The Morgan fingerprint density at radius 2 is 1.95 bits per heavy atom. The van der Waals surface area contributed by atoms with Gasteiger partial charge in [-0.05, 0) is 31.5 Å². The fourth-order valence-electron chi connectivity index (χ4n) is 1.78. The third-order valence-electron chi connectivity index (χ3n) is 2.89. The van der Waals surface area contributed by atoms with E-state index < -0.39 is 11.6 Å². The van der Waals surface area contributed by atoms with Crippen molar-refractivity contribution < 1.29 is 8.78 Å². The first kappa shape index (κ1) is 15.0. The summed E-state index contributed by atoms with van der Waals surface area (Å²) in [5, 5.41) is 12.7. The zero-order chi connectivity index (χ0) is 14.5. The van der Waals surface area contributed by atoms with Gasteiger partial charge in [0.1, 0.15) is 16.6 Å². The molecule has 0 saturated carbocycles. The number of nitrogens with one attached hydrogen (secondary N) is 1. The van der Waals surface area contributed by atoms with Gasteiger partial charge in [-0.15, -0.1) is 10.2 Å². The number of rotatable bonds is 6. The van der Waals surface area contributed by atoms with Crippen molar-refractivity contribution >= 4 is 11.3 Å². The van der Waals surface area contributed by atoms with Gasteiger partial charge in [0.15, 0.2) is 5.01 Å². The van der Waals surface area contributed by atoms with Gasteiger partial charge in [-0.25, -0.2) is 8.78 Å².